The molecule has 1 heterocycles. The second-order valence-electron chi connectivity index (χ2n) is 5.25. The van der Waals surface area contributed by atoms with Crippen LogP contribution in [-0.4, -0.2) is 15.5 Å². The number of halogens is 1. The molecule has 0 saturated carbocycles. The van der Waals surface area contributed by atoms with Gasteiger partial charge in [0.05, 0.1) is 22.8 Å². The SMILES string of the molecule is CCn1cnc2cc(C(=O)OCc3ccccc3)c(F)cc2c1=O. The van der Waals surface area contributed by atoms with Gasteiger partial charge in [-0.1, -0.05) is 30.3 Å². The minimum Gasteiger partial charge on any atom is -0.457 e. The predicted molar refractivity (Wildman–Crippen MR) is 87.2 cm³/mol. The summed E-state index contributed by atoms with van der Waals surface area (Å²) in [5.74, 6) is -1.59. The number of ether oxygens (including phenoxy) is 1. The molecule has 2 aromatic carbocycles. The highest BCUT2D eigenvalue weighted by Crippen LogP contribution is 2.16. The molecule has 0 aliphatic heterocycles. The van der Waals surface area contributed by atoms with Crippen LogP contribution in [-0.2, 0) is 17.9 Å². The Morgan fingerprint density at radius 3 is 2.71 bits per heavy atom. The molecule has 24 heavy (non-hydrogen) atoms. The molecule has 5 nitrogen and oxygen atoms in total. The fraction of sp³-hybridized carbons (Fsp3) is 0.167. The number of aryl methyl sites for hydroxylation is 1. The molecule has 0 aliphatic carbocycles. The van der Waals surface area contributed by atoms with Crippen LogP contribution >= 0.6 is 0 Å². The molecule has 6 heteroatoms. The number of hydrogen-bond acceptors (Lipinski definition) is 4. The lowest BCUT2D eigenvalue weighted by Crippen LogP contribution is -2.20. The van der Waals surface area contributed by atoms with Crippen LogP contribution in [0.3, 0.4) is 0 Å². The summed E-state index contributed by atoms with van der Waals surface area (Å²) < 4.78 is 20.7. The van der Waals surface area contributed by atoms with Gasteiger partial charge in [0.15, 0.2) is 0 Å². The molecule has 122 valence electrons. The van der Waals surface area contributed by atoms with Gasteiger partial charge < -0.3 is 4.74 Å². The van der Waals surface area contributed by atoms with Gasteiger partial charge in [-0.2, -0.15) is 0 Å². The van der Waals surface area contributed by atoms with Crippen LogP contribution in [0.25, 0.3) is 10.9 Å². The Balaban J connectivity index is 1.90. The number of rotatable bonds is 4. The van der Waals surface area contributed by atoms with E-state index in [0.717, 1.165) is 11.6 Å². The number of hydrogen-bond donors (Lipinski definition) is 0. The summed E-state index contributed by atoms with van der Waals surface area (Å²) in [6.07, 6.45) is 1.38. The lowest BCUT2D eigenvalue weighted by molar-refractivity contribution is 0.0467. The topological polar surface area (TPSA) is 61.2 Å². The zero-order valence-corrected chi connectivity index (χ0v) is 13.0. The van der Waals surface area contributed by atoms with E-state index < -0.39 is 11.8 Å². The summed E-state index contributed by atoms with van der Waals surface area (Å²) in [6, 6.07) is 11.4. The number of esters is 1. The van der Waals surface area contributed by atoms with Gasteiger partial charge in [-0.3, -0.25) is 9.36 Å². The predicted octanol–water partition coefficient (Wildman–Crippen LogP) is 2.91. The number of nitrogens with zero attached hydrogens (tertiary/aromatic N) is 2. The zero-order chi connectivity index (χ0) is 17.1. The van der Waals surface area contributed by atoms with E-state index in [1.807, 2.05) is 18.2 Å². The van der Waals surface area contributed by atoms with Gasteiger partial charge in [0, 0.05) is 6.54 Å². The monoisotopic (exact) mass is 326 g/mol. The Labute approximate surface area is 137 Å². The van der Waals surface area contributed by atoms with Crippen molar-refractivity contribution in [1.82, 2.24) is 9.55 Å². The molecule has 3 rings (SSSR count). The highest BCUT2D eigenvalue weighted by Gasteiger charge is 2.17. The molecule has 0 N–H and O–H groups in total. The van der Waals surface area contributed by atoms with Crippen LogP contribution in [0.5, 0.6) is 0 Å². The van der Waals surface area contributed by atoms with Gasteiger partial charge in [0.2, 0.25) is 0 Å². The maximum atomic E-state index is 14.2. The van der Waals surface area contributed by atoms with Crippen LogP contribution in [0, 0.1) is 5.82 Å². The highest BCUT2D eigenvalue weighted by molar-refractivity contribution is 5.94. The maximum absolute atomic E-state index is 14.2. The van der Waals surface area contributed by atoms with Crippen molar-refractivity contribution in [3.63, 3.8) is 0 Å². The lowest BCUT2D eigenvalue weighted by Gasteiger charge is -2.08. The summed E-state index contributed by atoms with van der Waals surface area (Å²) in [7, 11) is 0. The van der Waals surface area contributed by atoms with E-state index in [4.69, 9.17) is 4.74 Å². The minimum absolute atomic E-state index is 0.0437. The molecule has 0 spiro atoms. The second kappa shape index (κ2) is 6.62. The molecule has 0 bridgehead atoms. The Hall–Kier alpha value is -3.02. The van der Waals surface area contributed by atoms with E-state index in [2.05, 4.69) is 4.98 Å². The molecule has 0 fully saturated rings. The van der Waals surface area contributed by atoms with Crippen molar-refractivity contribution < 1.29 is 13.9 Å². The molecule has 0 atom stereocenters. The first-order valence-electron chi connectivity index (χ1n) is 7.50. The number of aromatic nitrogens is 2. The first kappa shape index (κ1) is 15.9. The molecule has 1 aromatic heterocycles. The fourth-order valence-electron chi connectivity index (χ4n) is 2.36. The van der Waals surface area contributed by atoms with Crippen molar-refractivity contribution in [3.8, 4) is 0 Å². The maximum Gasteiger partial charge on any atom is 0.341 e. The highest BCUT2D eigenvalue weighted by atomic mass is 19.1. The molecule has 0 radical (unpaired) electrons. The quantitative estimate of drug-likeness (QED) is 0.692. The molecule has 0 saturated heterocycles. The number of carbonyl (C=O) groups is 1. The number of fused-ring (bicyclic) bond motifs is 1. The van der Waals surface area contributed by atoms with E-state index in [-0.39, 0.29) is 28.6 Å². The van der Waals surface area contributed by atoms with Crippen LogP contribution in [0.4, 0.5) is 4.39 Å². The number of benzene rings is 2. The first-order chi connectivity index (χ1) is 11.6. The van der Waals surface area contributed by atoms with Crippen molar-refractivity contribution in [2.45, 2.75) is 20.1 Å². The molecular weight excluding hydrogens is 311 g/mol. The van der Waals surface area contributed by atoms with Gasteiger partial charge in [-0.25, -0.2) is 14.2 Å². The number of carbonyl (C=O) groups excluding carboxylic acids is 1. The summed E-state index contributed by atoms with van der Waals surface area (Å²) >= 11 is 0. The standard InChI is InChI=1S/C18H15FN2O3/c1-2-21-11-20-16-9-13(15(19)8-14(16)17(21)22)18(23)24-10-12-6-4-3-5-7-12/h3-9,11H,2,10H2,1H3. The van der Waals surface area contributed by atoms with Crippen LogP contribution in [0.2, 0.25) is 0 Å². The van der Waals surface area contributed by atoms with Crippen molar-refractivity contribution in [3.05, 3.63) is 76.1 Å². The zero-order valence-electron chi connectivity index (χ0n) is 13.0. The Bertz CT molecular complexity index is 952. The third kappa shape index (κ3) is 3.03. The summed E-state index contributed by atoms with van der Waals surface area (Å²) in [6.45, 7) is 2.27. The Morgan fingerprint density at radius 1 is 1.25 bits per heavy atom. The summed E-state index contributed by atoms with van der Waals surface area (Å²) in [5.41, 5.74) is 0.485. The van der Waals surface area contributed by atoms with Gasteiger partial charge in [-0.05, 0) is 24.6 Å². The van der Waals surface area contributed by atoms with E-state index in [0.29, 0.717) is 6.54 Å². The Kier molecular flexibility index (Phi) is 4.37. The van der Waals surface area contributed by atoms with E-state index in [9.17, 15) is 14.0 Å². The van der Waals surface area contributed by atoms with Crippen molar-refractivity contribution in [1.29, 1.82) is 0 Å². The molecule has 0 amide bonds. The third-order valence-electron chi connectivity index (χ3n) is 3.69. The third-order valence-corrected chi connectivity index (χ3v) is 3.69. The second-order valence-corrected chi connectivity index (χ2v) is 5.25. The van der Waals surface area contributed by atoms with Gasteiger partial charge in [0.1, 0.15) is 12.4 Å². The van der Waals surface area contributed by atoms with Crippen molar-refractivity contribution >= 4 is 16.9 Å². The van der Waals surface area contributed by atoms with Crippen LogP contribution < -0.4 is 5.56 Å². The van der Waals surface area contributed by atoms with Gasteiger partial charge in [-0.15, -0.1) is 0 Å². The fourth-order valence-corrected chi connectivity index (χ4v) is 2.36. The molecule has 0 unspecified atom stereocenters. The van der Waals surface area contributed by atoms with Crippen LogP contribution in [0.1, 0.15) is 22.8 Å². The average Bonchev–Trinajstić information content (AvgIpc) is 2.61. The minimum atomic E-state index is -0.798. The van der Waals surface area contributed by atoms with E-state index in [1.54, 1.807) is 19.1 Å². The normalized spacial score (nSPS) is 10.8. The first-order valence-corrected chi connectivity index (χ1v) is 7.50. The molecular formula is C18H15FN2O3. The lowest BCUT2D eigenvalue weighted by atomic mass is 10.1. The van der Waals surface area contributed by atoms with Crippen LogP contribution in [0.15, 0.2) is 53.6 Å². The summed E-state index contributed by atoms with van der Waals surface area (Å²) in [5, 5.41) is 0.136. The molecule has 3 aromatic rings. The van der Waals surface area contributed by atoms with Gasteiger partial charge >= 0.3 is 5.97 Å². The summed E-state index contributed by atoms with van der Waals surface area (Å²) in [4.78, 5) is 28.4. The van der Waals surface area contributed by atoms with E-state index >= 15 is 0 Å². The van der Waals surface area contributed by atoms with Crippen molar-refractivity contribution in [2.24, 2.45) is 0 Å². The molecule has 0 aliphatic rings. The van der Waals surface area contributed by atoms with Crippen molar-refractivity contribution in [2.75, 3.05) is 0 Å². The smallest absolute Gasteiger partial charge is 0.341 e. The largest absolute Gasteiger partial charge is 0.457 e. The average molecular weight is 326 g/mol. The van der Waals surface area contributed by atoms with Gasteiger partial charge in [0.25, 0.3) is 5.56 Å². The Morgan fingerprint density at radius 2 is 2.00 bits per heavy atom. The van der Waals surface area contributed by atoms with E-state index in [1.165, 1.54) is 17.0 Å².